The van der Waals surface area contributed by atoms with Gasteiger partial charge in [0, 0.05) is 5.41 Å². The molecule has 1 fully saturated rings. The van der Waals surface area contributed by atoms with Crippen LogP contribution in [0.5, 0.6) is 11.5 Å². The van der Waals surface area contributed by atoms with Crippen LogP contribution in [-0.4, -0.2) is 24.9 Å². The van der Waals surface area contributed by atoms with E-state index in [2.05, 4.69) is 6.92 Å². The van der Waals surface area contributed by atoms with E-state index in [1.165, 1.54) is 11.1 Å². The Labute approximate surface area is 95.0 Å². The summed E-state index contributed by atoms with van der Waals surface area (Å²) in [6.07, 6.45) is 2.15. The number of fused-ring (bicyclic) bond motifs is 1. The number of rotatable bonds is 2. The zero-order valence-electron chi connectivity index (χ0n) is 9.45. The fourth-order valence-corrected chi connectivity index (χ4v) is 2.43. The van der Waals surface area contributed by atoms with E-state index in [1.807, 2.05) is 12.1 Å². The van der Waals surface area contributed by atoms with E-state index in [0.717, 1.165) is 24.3 Å². The van der Waals surface area contributed by atoms with Crippen molar-refractivity contribution in [2.24, 2.45) is 0 Å². The van der Waals surface area contributed by atoms with Gasteiger partial charge in [-0.25, -0.2) is 0 Å². The molecule has 0 saturated heterocycles. The van der Waals surface area contributed by atoms with Crippen LogP contribution in [0.3, 0.4) is 0 Å². The number of hydrogen-bond acceptors (Lipinski definition) is 3. The van der Waals surface area contributed by atoms with Gasteiger partial charge in [-0.05, 0) is 43.0 Å². The Morgan fingerprint density at radius 2 is 1.81 bits per heavy atom. The average molecular weight is 220 g/mol. The zero-order valence-corrected chi connectivity index (χ0v) is 9.45. The van der Waals surface area contributed by atoms with Gasteiger partial charge in [-0.2, -0.15) is 0 Å². The second-order valence-corrected chi connectivity index (χ2v) is 4.75. The van der Waals surface area contributed by atoms with Gasteiger partial charge in [0.2, 0.25) is 0 Å². The lowest BCUT2D eigenvalue weighted by molar-refractivity contribution is 0.170. The molecule has 0 aromatic heterocycles. The van der Waals surface area contributed by atoms with Gasteiger partial charge >= 0.3 is 0 Å². The summed E-state index contributed by atoms with van der Waals surface area (Å²) in [6.45, 7) is 3.54. The smallest absolute Gasteiger partial charge is 0.161 e. The summed E-state index contributed by atoms with van der Waals surface area (Å²) >= 11 is 0. The Kier molecular flexibility index (Phi) is 2.11. The summed E-state index contributed by atoms with van der Waals surface area (Å²) < 4.78 is 11.1. The van der Waals surface area contributed by atoms with E-state index < -0.39 is 0 Å². The molecule has 0 atom stereocenters. The summed E-state index contributed by atoms with van der Waals surface area (Å²) in [5.74, 6) is 1.66. The molecule has 0 amide bonds. The molecule has 3 heteroatoms. The van der Waals surface area contributed by atoms with Gasteiger partial charge in [0.1, 0.15) is 13.2 Å². The van der Waals surface area contributed by atoms with Crippen molar-refractivity contribution < 1.29 is 14.6 Å². The summed E-state index contributed by atoms with van der Waals surface area (Å²) in [6, 6.07) is 4.08. The number of aliphatic hydroxyl groups is 1. The molecule has 86 valence electrons. The molecule has 3 rings (SSSR count). The molecule has 16 heavy (non-hydrogen) atoms. The van der Waals surface area contributed by atoms with Crippen LogP contribution in [0.4, 0.5) is 0 Å². The van der Waals surface area contributed by atoms with E-state index in [-0.39, 0.29) is 12.0 Å². The van der Waals surface area contributed by atoms with Gasteiger partial charge in [-0.3, -0.25) is 0 Å². The molecule has 0 bridgehead atoms. The fraction of sp³-hybridized carbons (Fsp3) is 0.538. The minimum Gasteiger partial charge on any atom is -0.486 e. The van der Waals surface area contributed by atoms with Crippen LogP contribution < -0.4 is 9.47 Å². The predicted molar refractivity (Wildman–Crippen MR) is 60.2 cm³/mol. The summed E-state index contributed by atoms with van der Waals surface area (Å²) in [4.78, 5) is 0. The van der Waals surface area contributed by atoms with Crippen LogP contribution in [0.25, 0.3) is 0 Å². The Morgan fingerprint density at radius 1 is 1.19 bits per heavy atom. The van der Waals surface area contributed by atoms with Gasteiger partial charge in [-0.1, -0.05) is 0 Å². The Balaban J connectivity index is 2.06. The quantitative estimate of drug-likeness (QED) is 0.825. The molecule has 0 spiro atoms. The van der Waals surface area contributed by atoms with Crippen molar-refractivity contribution in [3.05, 3.63) is 23.3 Å². The van der Waals surface area contributed by atoms with E-state index in [9.17, 15) is 5.11 Å². The number of aliphatic hydroxyl groups excluding tert-OH is 1. The monoisotopic (exact) mass is 220 g/mol. The van der Waals surface area contributed by atoms with E-state index in [0.29, 0.717) is 13.2 Å². The Morgan fingerprint density at radius 3 is 2.38 bits per heavy atom. The fourth-order valence-electron chi connectivity index (χ4n) is 2.43. The van der Waals surface area contributed by atoms with E-state index in [1.54, 1.807) is 0 Å². The van der Waals surface area contributed by atoms with Gasteiger partial charge in [-0.15, -0.1) is 0 Å². The van der Waals surface area contributed by atoms with Crippen molar-refractivity contribution >= 4 is 0 Å². The summed E-state index contributed by atoms with van der Waals surface area (Å²) in [7, 11) is 0. The van der Waals surface area contributed by atoms with Gasteiger partial charge in [0.15, 0.2) is 11.5 Å². The van der Waals surface area contributed by atoms with Crippen molar-refractivity contribution in [2.45, 2.75) is 25.2 Å². The lowest BCUT2D eigenvalue weighted by atomic mass is 9.92. The molecule has 3 nitrogen and oxygen atoms in total. The maximum atomic E-state index is 9.47. The van der Waals surface area contributed by atoms with Gasteiger partial charge in [0.05, 0.1) is 6.61 Å². The topological polar surface area (TPSA) is 38.7 Å². The highest BCUT2D eigenvalue weighted by Crippen LogP contribution is 2.51. The molecule has 1 aromatic carbocycles. The molecule has 0 unspecified atom stereocenters. The highest BCUT2D eigenvalue weighted by molar-refractivity contribution is 5.51. The second-order valence-electron chi connectivity index (χ2n) is 4.75. The van der Waals surface area contributed by atoms with Crippen molar-refractivity contribution in [3.63, 3.8) is 0 Å². The molecule has 1 heterocycles. The molecular formula is C13H16O3. The third-order valence-corrected chi connectivity index (χ3v) is 3.62. The minimum atomic E-state index is -0.0000789. The summed E-state index contributed by atoms with van der Waals surface area (Å²) in [5.41, 5.74) is 2.41. The molecule has 0 radical (unpaired) electrons. The van der Waals surface area contributed by atoms with E-state index in [4.69, 9.17) is 9.47 Å². The third-order valence-electron chi connectivity index (χ3n) is 3.62. The number of aryl methyl sites for hydroxylation is 1. The van der Waals surface area contributed by atoms with Gasteiger partial charge in [0.25, 0.3) is 0 Å². The Bertz CT molecular complexity index is 421. The maximum absolute atomic E-state index is 9.47. The van der Waals surface area contributed by atoms with Crippen LogP contribution in [0.2, 0.25) is 0 Å². The van der Waals surface area contributed by atoms with Crippen molar-refractivity contribution in [1.82, 2.24) is 0 Å². The normalized spacial score (nSPS) is 20.6. The molecular weight excluding hydrogens is 204 g/mol. The van der Waals surface area contributed by atoms with Gasteiger partial charge < -0.3 is 14.6 Å². The molecule has 1 N–H and O–H groups in total. The van der Waals surface area contributed by atoms with Crippen molar-refractivity contribution in [2.75, 3.05) is 19.8 Å². The molecule has 1 aliphatic carbocycles. The molecule has 1 aromatic rings. The molecule has 1 saturated carbocycles. The third kappa shape index (κ3) is 1.39. The lowest BCUT2D eigenvalue weighted by Gasteiger charge is -2.23. The molecule has 1 aliphatic heterocycles. The first-order valence-corrected chi connectivity index (χ1v) is 5.77. The highest BCUT2D eigenvalue weighted by Gasteiger charge is 2.45. The van der Waals surface area contributed by atoms with Crippen LogP contribution in [0.1, 0.15) is 24.0 Å². The average Bonchev–Trinajstić information content (AvgIpc) is 3.09. The minimum absolute atomic E-state index is 0.0000789. The number of benzene rings is 1. The number of hydrogen-bond donors (Lipinski definition) is 1. The highest BCUT2D eigenvalue weighted by atomic mass is 16.6. The van der Waals surface area contributed by atoms with Crippen LogP contribution in [0, 0.1) is 6.92 Å². The van der Waals surface area contributed by atoms with E-state index >= 15 is 0 Å². The second kappa shape index (κ2) is 3.39. The van der Waals surface area contributed by atoms with Crippen LogP contribution >= 0.6 is 0 Å². The lowest BCUT2D eigenvalue weighted by Crippen LogP contribution is -2.18. The Hall–Kier alpha value is -1.22. The summed E-state index contributed by atoms with van der Waals surface area (Å²) in [5, 5.41) is 9.47. The van der Waals surface area contributed by atoms with Crippen molar-refractivity contribution in [1.29, 1.82) is 0 Å². The number of ether oxygens (including phenoxy) is 2. The first-order chi connectivity index (χ1) is 7.75. The first-order valence-electron chi connectivity index (χ1n) is 5.77. The SMILES string of the molecule is Cc1cc2c(cc1C1(CO)CC1)OCCO2. The largest absolute Gasteiger partial charge is 0.486 e. The predicted octanol–water partition coefficient (Wildman–Crippen LogP) is 1.79. The van der Waals surface area contributed by atoms with Crippen LogP contribution in [0.15, 0.2) is 12.1 Å². The molecule has 2 aliphatic rings. The first kappa shape index (κ1) is 9.97. The van der Waals surface area contributed by atoms with Crippen molar-refractivity contribution in [3.8, 4) is 11.5 Å². The standard InChI is InChI=1S/C13H16O3/c1-9-6-11-12(16-5-4-15-11)7-10(9)13(8-14)2-3-13/h6-7,14H,2-5,8H2,1H3. The zero-order chi connectivity index (χ0) is 11.2. The van der Waals surface area contributed by atoms with Crippen LogP contribution in [-0.2, 0) is 5.41 Å². The maximum Gasteiger partial charge on any atom is 0.161 e.